The number of aromatic nitrogens is 2. The van der Waals surface area contributed by atoms with Crippen molar-refractivity contribution in [3.8, 4) is 17.0 Å². The molecule has 2 aliphatic heterocycles. The second kappa shape index (κ2) is 10.3. The Morgan fingerprint density at radius 3 is 2.36 bits per heavy atom. The van der Waals surface area contributed by atoms with Crippen molar-refractivity contribution in [2.24, 2.45) is 0 Å². The first-order chi connectivity index (χ1) is 18.8. The van der Waals surface area contributed by atoms with E-state index < -0.39 is 9.84 Å². The van der Waals surface area contributed by atoms with Crippen LogP contribution >= 0.6 is 15.9 Å². The molecule has 1 amide bonds. The van der Waals surface area contributed by atoms with Gasteiger partial charge in [-0.25, -0.2) is 8.42 Å². The third-order valence-corrected chi connectivity index (χ3v) is 9.86. The summed E-state index contributed by atoms with van der Waals surface area (Å²) in [6.45, 7) is 0.517. The van der Waals surface area contributed by atoms with Gasteiger partial charge in [-0.1, -0.05) is 58.4 Å². The van der Waals surface area contributed by atoms with E-state index in [-0.39, 0.29) is 29.5 Å². The fourth-order valence-corrected chi connectivity index (χ4v) is 7.60. The molecule has 0 unspecified atom stereocenters. The minimum absolute atomic E-state index is 0.0105. The molecule has 2 atom stereocenters. The van der Waals surface area contributed by atoms with Gasteiger partial charge >= 0.3 is 0 Å². The molecule has 39 heavy (non-hydrogen) atoms. The van der Waals surface area contributed by atoms with Gasteiger partial charge in [-0.3, -0.25) is 9.48 Å². The highest BCUT2D eigenvalue weighted by atomic mass is 79.9. The van der Waals surface area contributed by atoms with Crippen LogP contribution in [0.3, 0.4) is 0 Å². The highest BCUT2D eigenvalue weighted by molar-refractivity contribution is 9.10. The van der Waals surface area contributed by atoms with Crippen LogP contribution in [0, 0.1) is 0 Å². The Morgan fingerprint density at radius 1 is 1.00 bits per heavy atom. The van der Waals surface area contributed by atoms with E-state index in [2.05, 4.69) is 28.1 Å². The molecule has 9 heteroatoms. The van der Waals surface area contributed by atoms with Crippen LogP contribution in [0.25, 0.3) is 11.3 Å². The fourth-order valence-electron chi connectivity index (χ4n) is 5.64. The fraction of sp³-hybridized carbons (Fsp3) is 0.267. The largest absolute Gasteiger partial charge is 0.497 e. The third-order valence-electron chi connectivity index (χ3n) is 7.58. The van der Waals surface area contributed by atoms with Crippen molar-refractivity contribution < 1.29 is 17.9 Å². The molecule has 2 aliphatic rings. The number of hydrogen-bond acceptors (Lipinski definition) is 5. The summed E-state index contributed by atoms with van der Waals surface area (Å²) in [6, 6.07) is 25.0. The number of benzene rings is 3. The number of halogens is 1. The molecule has 1 fully saturated rings. The molecule has 0 spiro atoms. The Morgan fingerprint density at radius 2 is 1.72 bits per heavy atom. The molecular weight excluding hydrogens is 578 g/mol. The van der Waals surface area contributed by atoms with E-state index in [0.29, 0.717) is 30.8 Å². The average molecular weight is 607 g/mol. The molecule has 0 aliphatic carbocycles. The molecule has 0 radical (unpaired) electrons. The standard InChI is InChI=1S/C30H28BrN3O4S/c1-38-25-13-9-21(10-14-25)27-26-28(22-7-11-23(31)12-8-22)33(17-15-20-5-3-2-4-6-20)30(35)29(26)34(32-27)24-16-18-39(36,37)19-24/h2-14,24,28H,15-19H2,1H3/t24-,28-/m0/s1. The van der Waals surface area contributed by atoms with E-state index in [1.807, 2.05) is 71.6 Å². The van der Waals surface area contributed by atoms with E-state index in [1.165, 1.54) is 0 Å². The van der Waals surface area contributed by atoms with Gasteiger partial charge in [-0.2, -0.15) is 5.10 Å². The van der Waals surface area contributed by atoms with Crippen molar-refractivity contribution >= 4 is 31.7 Å². The van der Waals surface area contributed by atoms with E-state index in [9.17, 15) is 13.2 Å². The summed E-state index contributed by atoms with van der Waals surface area (Å²) in [6.07, 6.45) is 1.14. The maximum absolute atomic E-state index is 14.2. The zero-order chi connectivity index (χ0) is 27.1. The number of hydrogen-bond donors (Lipinski definition) is 0. The quantitative estimate of drug-likeness (QED) is 0.279. The number of carbonyl (C=O) groups excluding carboxylic acids is 1. The van der Waals surface area contributed by atoms with Gasteiger partial charge in [0, 0.05) is 22.1 Å². The summed E-state index contributed by atoms with van der Waals surface area (Å²) in [4.78, 5) is 16.2. The molecule has 3 heterocycles. The van der Waals surface area contributed by atoms with Gasteiger partial charge < -0.3 is 9.64 Å². The predicted octanol–water partition coefficient (Wildman–Crippen LogP) is 5.47. The molecule has 3 aromatic carbocycles. The highest BCUT2D eigenvalue weighted by Crippen LogP contribution is 2.45. The lowest BCUT2D eigenvalue weighted by molar-refractivity contribution is 0.0738. The summed E-state index contributed by atoms with van der Waals surface area (Å²) >= 11 is 3.53. The normalized spacial score (nSPS) is 19.8. The van der Waals surface area contributed by atoms with E-state index in [1.54, 1.807) is 11.8 Å². The van der Waals surface area contributed by atoms with Gasteiger partial charge in [0.15, 0.2) is 9.84 Å². The van der Waals surface area contributed by atoms with Crippen molar-refractivity contribution in [2.75, 3.05) is 25.2 Å². The summed E-state index contributed by atoms with van der Waals surface area (Å²) in [5, 5.41) is 4.96. The number of nitrogens with zero attached hydrogens (tertiary/aromatic N) is 3. The first-order valence-corrected chi connectivity index (χ1v) is 15.5. The molecule has 6 rings (SSSR count). The van der Waals surface area contributed by atoms with Crippen LogP contribution in [0.4, 0.5) is 0 Å². The van der Waals surface area contributed by atoms with E-state index in [0.717, 1.165) is 32.5 Å². The van der Waals surface area contributed by atoms with Crippen LogP contribution in [0.5, 0.6) is 5.75 Å². The van der Waals surface area contributed by atoms with Crippen molar-refractivity contribution in [3.05, 3.63) is 106 Å². The number of carbonyl (C=O) groups is 1. The predicted molar refractivity (Wildman–Crippen MR) is 154 cm³/mol. The van der Waals surface area contributed by atoms with Gasteiger partial charge in [0.2, 0.25) is 0 Å². The van der Waals surface area contributed by atoms with Gasteiger partial charge in [-0.15, -0.1) is 0 Å². The second-order valence-electron chi connectivity index (χ2n) is 10.0. The Labute approximate surface area is 236 Å². The number of rotatable bonds is 7. The summed E-state index contributed by atoms with van der Waals surface area (Å²) in [7, 11) is -1.56. The molecule has 0 saturated carbocycles. The number of ether oxygens (including phenoxy) is 1. The molecule has 200 valence electrons. The van der Waals surface area contributed by atoms with Gasteiger partial charge in [0.05, 0.1) is 36.4 Å². The first-order valence-electron chi connectivity index (χ1n) is 12.9. The molecular formula is C30H28BrN3O4S. The van der Waals surface area contributed by atoms with Gasteiger partial charge in [0.1, 0.15) is 11.4 Å². The van der Waals surface area contributed by atoms with Crippen LogP contribution in [-0.4, -0.2) is 54.2 Å². The average Bonchev–Trinajstić information content (AvgIpc) is 3.60. The lowest BCUT2D eigenvalue weighted by Crippen LogP contribution is -2.32. The Bertz CT molecular complexity index is 1620. The highest BCUT2D eigenvalue weighted by Gasteiger charge is 2.46. The van der Waals surface area contributed by atoms with Crippen LogP contribution < -0.4 is 4.74 Å². The minimum Gasteiger partial charge on any atom is -0.497 e. The molecule has 1 saturated heterocycles. The number of methoxy groups -OCH3 is 1. The molecule has 1 aromatic heterocycles. The number of fused-ring (bicyclic) bond motifs is 1. The zero-order valence-electron chi connectivity index (χ0n) is 21.5. The van der Waals surface area contributed by atoms with Crippen LogP contribution in [0.1, 0.15) is 45.7 Å². The van der Waals surface area contributed by atoms with Gasteiger partial charge in [0.25, 0.3) is 5.91 Å². The number of sulfone groups is 1. The summed E-state index contributed by atoms with van der Waals surface area (Å²) < 4.78 is 32.9. The van der Waals surface area contributed by atoms with Gasteiger partial charge in [-0.05, 0) is 60.4 Å². The summed E-state index contributed by atoms with van der Waals surface area (Å²) in [5.74, 6) is 0.697. The van der Waals surface area contributed by atoms with Crippen molar-refractivity contribution in [1.29, 1.82) is 0 Å². The SMILES string of the molecule is COc1ccc(-c2nn([C@H]3CCS(=O)(=O)C3)c3c2[C@H](c2ccc(Br)cc2)N(CCc2ccccc2)C3=O)cc1. The Balaban J connectivity index is 1.51. The Kier molecular flexibility index (Phi) is 6.81. The first kappa shape index (κ1) is 25.8. The molecule has 0 N–H and O–H groups in total. The second-order valence-corrected chi connectivity index (χ2v) is 13.2. The Hall–Kier alpha value is -3.43. The molecule has 4 aromatic rings. The molecule has 0 bridgehead atoms. The lowest BCUT2D eigenvalue weighted by Gasteiger charge is -2.27. The van der Waals surface area contributed by atoms with Crippen LogP contribution in [-0.2, 0) is 16.3 Å². The van der Waals surface area contributed by atoms with E-state index >= 15 is 0 Å². The van der Waals surface area contributed by atoms with Crippen LogP contribution in [0.2, 0.25) is 0 Å². The smallest absolute Gasteiger partial charge is 0.273 e. The van der Waals surface area contributed by atoms with Crippen molar-refractivity contribution in [2.45, 2.75) is 24.9 Å². The van der Waals surface area contributed by atoms with Crippen molar-refractivity contribution in [3.63, 3.8) is 0 Å². The summed E-state index contributed by atoms with van der Waals surface area (Å²) in [5.41, 5.74) is 4.99. The van der Waals surface area contributed by atoms with Crippen molar-refractivity contribution in [1.82, 2.24) is 14.7 Å². The maximum atomic E-state index is 14.2. The minimum atomic E-state index is -3.18. The lowest BCUT2D eigenvalue weighted by atomic mass is 9.96. The topological polar surface area (TPSA) is 81.5 Å². The zero-order valence-corrected chi connectivity index (χ0v) is 23.9. The molecule has 7 nitrogen and oxygen atoms in total. The maximum Gasteiger partial charge on any atom is 0.273 e. The number of amides is 1. The van der Waals surface area contributed by atoms with E-state index in [4.69, 9.17) is 9.84 Å². The van der Waals surface area contributed by atoms with Crippen LogP contribution in [0.15, 0.2) is 83.3 Å². The third kappa shape index (κ3) is 4.89. The monoisotopic (exact) mass is 605 g/mol.